The first-order valence-electron chi connectivity index (χ1n) is 6.30. The minimum Gasteiger partial charge on any atom is -1.00 e. The first-order valence-corrected chi connectivity index (χ1v) is 6.68. The lowest BCUT2D eigenvalue weighted by Gasteiger charge is -2.11. The molecular formula is C15H17Cl2N2O-. The van der Waals surface area contributed by atoms with E-state index < -0.39 is 0 Å². The molecule has 1 aromatic carbocycles. The van der Waals surface area contributed by atoms with Gasteiger partial charge in [0.25, 0.3) is 0 Å². The monoisotopic (exact) mass is 311 g/mol. The number of rotatable bonds is 6. The molecule has 0 radical (unpaired) electrons. The maximum absolute atomic E-state index is 6.02. The average Bonchev–Trinajstić information content (AvgIpc) is 2.43. The zero-order valence-electron chi connectivity index (χ0n) is 11.3. The summed E-state index contributed by atoms with van der Waals surface area (Å²) in [5.74, 6) is 0.880. The van der Waals surface area contributed by atoms with Crippen LogP contribution in [-0.2, 0) is 13.1 Å². The van der Waals surface area contributed by atoms with Gasteiger partial charge in [-0.25, -0.2) is 0 Å². The summed E-state index contributed by atoms with van der Waals surface area (Å²) in [4.78, 5) is 4.09. The van der Waals surface area contributed by atoms with Crippen LogP contribution in [0.4, 0.5) is 0 Å². The van der Waals surface area contributed by atoms with E-state index in [2.05, 4.69) is 10.3 Å². The number of ether oxygens (including phenoxy) is 1. The van der Waals surface area contributed by atoms with E-state index in [0.717, 1.165) is 28.4 Å². The highest BCUT2D eigenvalue weighted by Crippen LogP contribution is 2.22. The maximum Gasteiger partial charge on any atom is 0.123 e. The predicted octanol–water partition coefficient (Wildman–Crippen LogP) is 0.427. The molecule has 1 heterocycles. The van der Waals surface area contributed by atoms with Gasteiger partial charge in [0.1, 0.15) is 5.75 Å². The third kappa shape index (κ3) is 5.00. The largest absolute Gasteiger partial charge is 1.00 e. The molecule has 5 heteroatoms. The summed E-state index contributed by atoms with van der Waals surface area (Å²) >= 11 is 6.02. The van der Waals surface area contributed by atoms with Crippen molar-refractivity contribution in [3.63, 3.8) is 0 Å². The van der Waals surface area contributed by atoms with E-state index in [1.54, 1.807) is 6.20 Å². The van der Waals surface area contributed by atoms with Gasteiger partial charge in [0.2, 0.25) is 0 Å². The smallest absolute Gasteiger partial charge is 0.123 e. The first-order chi connectivity index (χ1) is 9.29. The highest BCUT2D eigenvalue weighted by molar-refractivity contribution is 6.30. The molecule has 2 rings (SSSR count). The summed E-state index contributed by atoms with van der Waals surface area (Å²) in [6.45, 7) is 4.11. The molecule has 0 spiro atoms. The van der Waals surface area contributed by atoms with E-state index in [1.807, 2.05) is 43.5 Å². The number of nitrogens with one attached hydrogen (secondary N) is 1. The lowest BCUT2D eigenvalue weighted by Crippen LogP contribution is -3.00. The van der Waals surface area contributed by atoms with Crippen molar-refractivity contribution >= 4 is 11.6 Å². The first kappa shape index (κ1) is 16.8. The average molecular weight is 312 g/mol. The maximum atomic E-state index is 6.02. The van der Waals surface area contributed by atoms with Gasteiger partial charge in [-0.05, 0) is 36.8 Å². The summed E-state index contributed by atoms with van der Waals surface area (Å²) in [6, 6.07) is 9.66. The van der Waals surface area contributed by atoms with Crippen molar-refractivity contribution in [1.29, 1.82) is 0 Å². The summed E-state index contributed by atoms with van der Waals surface area (Å²) in [5, 5.41) is 4.09. The van der Waals surface area contributed by atoms with Crippen LogP contribution in [0.5, 0.6) is 5.75 Å². The van der Waals surface area contributed by atoms with E-state index in [9.17, 15) is 0 Å². The van der Waals surface area contributed by atoms with Crippen molar-refractivity contribution in [2.75, 3.05) is 6.61 Å². The van der Waals surface area contributed by atoms with Crippen LogP contribution in [0, 0.1) is 0 Å². The van der Waals surface area contributed by atoms with Crippen LogP contribution in [0.3, 0.4) is 0 Å². The molecule has 1 aromatic heterocycles. The molecule has 0 atom stereocenters. The van der Waals surface area contributed by atoms with E-state index in [-0.39, 0.29) is 12.4 Å². The lowest BCUT2D eigenvalue weighted by atomic mass is 10.2. The lowest BCUT2D eigenvalue weighted by molar-refractivity contribution is -0.00000440. The minimum absolute atomic E-state index is 0. The van der Waals surface area contributed by atoms with Crippen molar-refractivity contribution in [2.24, 2.45) is 0 Å². The molecule has 0 aliphatic carbocycles. The standard InChI is InChI=1S/C15H17ClN2O.ClH/c1-2-19-15-6-5-14(16)8-13(15)11-18-10-12-4-3-7-17-9-12;/h3-9,18H,2,10-11H2,1H3;1H/p-1. The van der Waals surface area contributed by atoms with Crippen LogP contribution in [-0.4, -0.2) is 11.6 Å². The van der Waals surface area contributed by atoms with Gasteiger partial charge >= 0.3 is 0 Å². The number of aromatic nitrogens is 1. The van der Waals surface area contributed by atoms with Crippen LogP contribution in [0.1, 0.15) is 18.1 Å². The van der Waals surface area contributed by atoms with Crippen molar-refractivity contribution in [1.82, 2.24) is 10.3 Å². The quantitative estimate of drug-likeness (QED) is 0.840. The van der Waals surface area contributed by atoms with Crippen molar-refractivity contribution < 1.29 is 17.1 Å². The fraction of sp³-hybridized carbons (Fsp3) is 0.267. The topological polar surface area (TPSA) is 34.1 Å². The van der Waals surface area contributed by atoms with Crippen molar-refractivity contribution in [3.05, 3.63) is 58.9 Å². The fourth-order valence-electron chi connectivity index (χ4n) is 1.83. The van der Waals surface area contributed by atoms with E-state index >= 15 is 0 Å². The summed E-state index contributed by atoms with van der Waals surface area (Å²) in [5.41, 5.74) is 2.22. The molecule has 0 aliphatic heterocycles. The van der Waals surface area contributed by atoms with E-state index in [1.165, 1.54) is 0 Å². The molecule has 0 saturated carbocycles. The number of nitrogens with zero attached hydrogens (tertiary/aromatic N) is 1. The third-order valence-electron chi connectivity index (χ3n) is 2.69. The molecule has 0 unspecified atom stereocenters. The van der Waals surface area contributed by atoms with Gasteiger partial charge in [-0.1, -0.05) is 17.7 Å². The Morgan fingerprint density at radius 1 is 1.25 bits per heavy atom. The van der Waals surface area contributed by atoms with Gasteiger partial charge in [-0.3, -0.25) is 4.98 Å². The van der Waals surface area contributed by atoms with Crippen LogP contribution in [0.2, 0.25) is 5.02 Å². The molecule has 108 valence electrons. The second kappa shape index (κ2) is 8.80. The van der Waals surface area contributed by atoms with Gasteiger partial charge in [0.15, 0.2) is 0 Å². The number of pyridine rings is 1. The van der Waals surface area contributed by atoms with Gasteiger partial charge < -0.3 is 22.5 Å². The second-order valence-corrected chi connectivity index (χ2v) is 4.59. The van der Waals surface area contributed by atoms with Crippen molar-refractivity contribution in [3.8, 4) is 5.75 Å². The molecular weight excluding hydrogens is 295 g/mol. The normalized spacial score (nSPS) is 9.90. The van der Waals surface area contributed by atoms with Crippen LogP contribution >= 0.6 is 11.6 Å². The Kier molecular flexibility index (Phi) is 7.37. The van der Waals surface area contributed by atoms with Gasteiger partial charge in [0, 0.05) is 36.1 Å². The molecule has 1 N–H and O–H groups in total. The zero-order chi connectivity index (χ0) is 13.5. The Bertz CT molecular complexity index is 521. The van der Waals surface area contributed by atoms with Gasteiger partial charge in [-0.15, -0.1) is 0 Å². The molecule has 0 bridgehead atoms. The molecule has 20 heavy (non-hydrogen) atoms. The summed E-state index contributed by atoms with van der Waals surface area (Å²) in [7, 11) is 0. The number of halogens is 2. The highest BCUT2D eigenvalue weighted by Gasteiger charge is 2.04. The molecule has 0 fully saturated rings. The molecule has 0 aliphatic rings. The fourth-order valence-corrected chi connectivity index (χ4v) is 2.02. The molecule has 0 saturated heterocycles. The summed E-state index contributed by atoms with van der Waals surface area (Å²) in [6.07, 6.45) is 3.63. The van der Waals surface area contributed by atoms with Gasteiger partial charge in [-0.2, -0.15) is 0 Å². The number of hydrogen-bond acceptors (Lipinski definition) is 3. The Morgan fingerprint density at radius 3 is 2.80 bits per heavy atom. The predicted molar refractivity (Wildman–Crippen MR) is 77.4 cm³/mol. The third-order valence-corrected chi connectivity index (χ3v) is 2.92. The van der Waals surface area contributed by atoms with Crippen LogP contribution < -0.4 is 22.5 Å². The van der Waals surface area contributed by atoms with Crippen molar-refractivity contribution in [2.45, 2.75) is 20.0 Å². The Morgan fingerprint density at radius 2 is 2.10 bits per heavy atom. The Labute approximate surface area is 130 Å². The second-order valence-electron chi connectivity index (χ2n) is 4.15. The van der Waals surface area contributed by atoms with Crippen LogP contribution in [0.25, 0.3) is 0 Å². The minimum atomic E-state index is 0. The Hall–Kier alpha value is -1.29. The molecule has 2 aromatic rings. The van der Waals surface area contributed by atoms with E-state index in [0.29, 0.717) is 13.2 Å². The Balaban J connectivity index is 0.00000200. The molecule has 0 amide bonds. The highest BCUT2D eigenvalue weighted by atomic mass is 35.5. The number of hydrogen-bond donors (Lipinski definition) is 1. The zero-order valence-corrected chi connectivity index (χ0v) is 12.8. The van der Waals surface area contributed by atoms with Crippen LogP contribution in [0.15, 0.2) is 42.7 Å². The molecule has 3 nitrogen and oxygen atoms in total. The number of benzene rings is 1. The SMILES string of the molecule is CCOc1ccc(Cl)cc1CNCc1cccnc1.[Cl-]. The van der Waals surface area contributed by atoms with E-state index in [4.69, 9.17) is 16.3 Å². The van der Waals surface area contributed by atoms with Gasteiger partial charge in [0.05, 0.1) is 6.61 Å². The summed E-state index contributed by atoms with van der Waals surface area (Å²) < 4.78 is 5.58.